The van der Waals surface area contributed by atoms with Crippen LogP contribution in [0.4, 0.5) is 24.8 Å². The lowest BCUT2D eigenvalue weighted by atomic mass is 9.90. The Morgan fingerprint density at radius 3 is 2.67 bits per heavy atom. The Balaban J connectivity index is 1.69. The number of nitrogens with zero attached hydrogens (tertiary/aromatic N) is 4. The highest BCUT2D eigenvalue weighted by Crippen LogP contribution is 2.35. The first-order valence-electron chi connectivity index (χ1n) is 10.5. The van der Waals surface area contributed by atoms with Crippen LogP contribution in [0.1, 0.15) is 49.7 Å². The third-order valence-corrected chi connectivity index (χ3v) is 6.11. The lowest BCUT2D eigenvalue weighted by molar-refractivity contribution is -0.146. The zero-order valence-corrected chi connectivity index (χ0v) is 18.4. The molecular formula is C23H24F3N5O2. The van der Waals surface area contributed by atoms with Gasteiger partial charge in [0.05, 0.1) is 28.7 Å². The Hall–Kier alpha value is -3.43. The van der Waals surface area contributed by atoms with Gasteiger partial charge >= 0.3 is 5.97 Å². The Morgan fingerprint density at radius 2 is 2.00 bits per heavy atom. The molecule has 0 amide bonds. The molecule has 2 unspecified atom stereocenters. The van der Waals surface area contributed by atoms with Crippen molar-refractivity contribution >= 4 is 28.5 Å². The highest BCUT2D eigenvalue weighted by molar-refractivity contribution is 5.90. The van der Waals surface area contributed by atoms with Crippen LogP contribution in [0.5, 0.6) is 0 Å². The number of pyridine rings is 1. The van der Waals surface area contributed by atoms with Crippen molar-refractivity contribution in [1.29, 1.82) is 0 Å². The van der Waals surface area contributed by atoms with Gasteiger partial charge in [0.2, 0.25) is 0 Å². The topological polar surface area (TPSA) is 91.2 Å². The first kappa shape index (κ1) is 22.8. The minimum Gasteiger partial charge on any atom is -0.481 e. The van der Waals surface area contributed by atoms with E-state index in [4.69, 9.17) is 0 Å². The Bertz CT molecular complexity index is 1220. The van der Waals surface area contributed by atoms with Gasteiger partial charge in [-0.2, -0.15) is 0 Å². The molecule has 1 saturated heterocycles. The van der Waals surface area contributed by atoms with Crippen LogP contribution in [0.15, 0.2) is 30.5 Å². The van der Waals surface area contributed by atoms with Gasteiger partial charge < -0.3 is 15.3 Å². The second-order valence-electron chi connectivity index (χ2n) is 8.63. The van der Waals surface area contributed by atoms with Crippen LogP contribution >= 0.6 is 0 Å². The van der Waals surface area contributed by atoms with E-state index in [0.29, 0.717) is 47.9 Å². The van der Waals surface area contributed by atoms with E-state index in [2.05, 4.69) is 20.3 Å². The molecule has 2 aromatic heterocycles. The molecule has 2 N–H and O–H groups in total. The lowest BCUT2D eigenvalue weighted by Gasteiger charge is -2.22. The van der Waals surface area contributed by atoms with Crippen LogP contribution in [0.3, 0.4) is 0 Å². The van der Waals surface area contributed by atoms with Crippen LogP contribution in [0.25, 0.3) is 10.9 Å². The predicted octanol–water partition coefficient (Wildman–Crippen LogP) is 4.88. The molecule has 3 heterocycles. The number of rotatable bonds is 6. The fourth-order valence-electron chi connectivity index (χ4n) is 4.11. The van der Waals surface area contributed by atoms with Crippen LogP contribution in [0, 0.1) is 18.2 Å². The third kappa shape index (κ3) is 4.29. The van der Waals surface area contributed by atoms with E-state index in [1.54, 1.807) is 33.0 Å². The quantitative estimate of drug-likeness (QED) is 0.543. The Labute approximate surface area is 188 Å². The number of fused-ring (bicyclic) bond motifs is 1. The fourth-order valence-corrected chi connectivity index (χ4v) is 4.11. The molecule has 1 aliphatic heterocycles. The van der Waals surface area contributed by atoms with Crippen LogP contribution in [0.2, 0.25) is 0 Å². The van der Waals surface area contributed by atoms with E-state index in [9.17, 15) is 23.1 Å². The summed E-state index contributed by atoms with van der Waals surface area (Å²) in [6.45, 7) is 5.94. The summed E-state index contributed by atoms with van der Waals surface area (Å²) < 4.78 is 40.9. The van der Waals surface area contributed by atoms with Crippen molar-refractivity contribution in [1.82, 2.24) is 15.0 Å². The summed E-state index contributed by atoms with van der Waals surface area (Å²) in [5.41, 5.74) is -0.846. The van der Waals surface area contributed by atoms with Gasteiger partial charge in [-0.15, -0.1) is 0 Å². The second-order valence-corrected chi connectivity index (χ2v) is 8.63. The van der Waals surface area contributed by atoms with Crippen molar-refractivity contribution in [3.05, 3.63) is 53.2 Å². The van der Waals surface area contributed by atoms with Crippen molar-refractivity contribution in [3.63, 3.8) is 0 Å². The molecule has 0 radical (unpaired) electrons. The number of alkyl halides is 2. The molecular weight excluding hydrogens is 435 g/mol. The van der Waals surface area contributed by atoms with E-state index in [-0.39, 0.29) is 5.56 Å². The number of benzene rings is 1. The minimum atomic E-state index is -2.91. The van der Waals surface area contributed by atoms with Crippen LogP contribution < -0.4 is 10.2 Å². The molecule has 0 bridgehead atoms. The Morgan fingerprint density at radius 1 is 1.27 bits per heavy atom. The smallest absolute Gasteiger partial charge is 0.311 e. The predicted molar refractivity (Wildman–Crippen MR) is 118 cm³/mol. The number of hydrogen-bond donors (Lipinski definition) is 2. The number of carbonyl (C=O) groups is 1. The van der Waals surface area contributed by atoms with Crippen molar-refractivity contribution in [2.24, 2.45) is 5.41 Å². The summed E-state index contributed by atoms with van der Waals surface area (Å²) in [5.74, 6) is -0.339. The SMILES string of the molecule is Cc1nc(NC(C)c2cccc(C(F)F)c2F)c2cc(N3CCC(C)(C(=O)O)C3)ncc2n1. The van der Waals surface area contributed by atoms with Gasteiger partial charge in [-0.05, 0) is 33.3 Å². The normalized spacial score (nSPS) is 19.3. The lowest BCUT2D eigenvalue weighted by Crippen LogP contribution is -2.32. The molecule has 1 aliphatic rings. The third-order valence-electron chi connectivity index (χ3n) is 6.11. The number of halogens is 3. The summed E-state index contributed by atoms with van der Waals surface area (Å²) in [4.78, 5) is 26.8. The molecule has 1 fully saturated rings. The van der Waals surface area contributed by atoms with E-state index in [0.717, 1.165) is 6.07 Å². The van der Waals surface area contributed by atoms with Gasteiger partial charge in [-0.3, -0.25) is 4.79 Å². The summed E-state index contributed by atoms with van der Waals surface area (Å²) >= 11 is 0. The average molecular weight is 459 g/mol. The molecule has 10 heteroatoms. The van der Waals surface area contributed by atoms with Crippen molar-refractivity contribution in [2.75, 3.05) is 23.3 Å². The maximum absolute atomic E-state index is 14.7. The molecule has 4 rings (SSSR count). The van der Waals surface area contributed by atoms with Crippen molar-refractivity contribution in [3.8, 4) is 0 Å². The summed E-state index contributed by atoms with van der Waals surface area (Å²) in [6, 6.07) is 5.04. The number of aliphatic carboxylic acids is 1. The number of nitrogens with one attached hydrogen (secondary N) is 1. The Kier molecular flexibility index (Phi) is 5.85. The van der Waals surface area contributed by atoms with Gasteiger partial charge in [0.25, 0.3) is 6.43 Å². The second kappa shape index (κ2) is 8.49. The van der Waals surface area contributed by atoms with E-state index >= 15 is 0 Å². The number of aryl methyl sites for hydroxylation is 1. The number of carboxylic acids is 1. The molecule has 33 heavy (non-hydrogen) atoms. The minimum absolute atomic E-state index is 0.100. The zero-order valence-electron chi connectivity index (χ0n) is 18.4. The van der Waals surface area contributed by atoms with Crippen LogP contribution in [-0.2, 0) is 4.79 Å². The van der Waals surface area contributed by atoms with Crippen molar-refractivity contribution < 1.29 is 23.1 Å². The van der Waals surface area contributed by atoms with Gasteiger partial charge in [0.15, 0.2) is 0 Å². The largest absolute Gasteiger partial charge is 0.481 e. The summed E-state index contributed by atoms with van der Waals surface area (Å²) in [7, 11) is 0. The molecule has 0 saturated carbocycles. The molecule has 174 valence electrons. The molecule has 0 spiro atoms. The average Bonchev–Trinajstić information content (AvgIpc) is 3.17. The number of carboxylic acid groups (broad SMARTS) is 1. The maximum Gasteiger partial charge on any atom is 0.311 e. The maximum atomic E-state index is 14.7. The highest BCUT2D eigenvalue weighted by atomic mass is 19.3. The molecule has 1 aromatic carbocycles. The van der Waals surface area contributed by atoms with Gasteiger partial charge in [0.1, 0.15) is 23.3 Å². The van der Waals surface area contributed by atoms with Gasteiger partial charge in [-0.1, -0.05) is 18.2 Å². The number of anilines is 2. The van der Waals surface area contributed by atoms with E-state index < -0.39 is 35.2 Å². The fraction of sp³-hybridized carbons (Fsp3) is 0.391. The van der Waals surface area contributed by atoms with E-state index in [1.165, 1.54) is 12.1 Å². The standard InChI is InChI=1S/C23H24F3N5O2/c1-12(14-5-4-6-15(19(14)24)20(25)26)28-21-16-9-18(27-10-17(16)29-13(2)30-21)31-8-7-23(3,11-31)22(32)33/h4-6,9-10,12,20H,7-8,11H2,1-3H3,(H,32,33)(H,28,29,30). The molecule has 2 atom stereocenters. The molecule has 3 aromatic rings. The zero-order chi connectivity index (χ0) is 23.9. The first-order valence-corrected chi connectivity index (χ1v) is 10.5. The van der Waals surface area contributed by atoms with E-state index in [1.807, 2.05) is 4.90 Å². The first-order chi connectivity index (χ1) is 15.6. The monoisotopic (exact) mass is 459 g/mol. The summed E-state index contributed by atoms with van der Waals surface area (Å²) in [6.07, 6.45) is -0.831. The number of aromatic nitrogens is 3. The molecule has 0 aliphatic carbocycles. The summed E-state index contributed by atoms with van der Waals surface area (Å²) in [5, 5.41) is 13.3. The van der Waals surface area contributed by atoms with Crippen molar-refractivity contribution in [2.45, 2.75) is 39.7 Å². The molecule has 7 nitrogen and oxygen atoms in total. The van der Waals surface area contributed by atoms with Gasteiger partial charge in [-0.25, -0.2) is 28.1 Å². The highest BCUT2D eigenvalue weighted by Gasteiger charge is 2.41. The van der Waals surface area contributed by atoms with Gasteiger partial charge in [0, 0.05) is 24.0 Å². The number of hydrogen-bond acceptors (Lipinski definition) is 6. The van der Waals surface area contributed by atoms with Crippen LogP contribution in [-0.4, -0.2) is 39.1 Å².